The van der Waals surface area contributed by atoms with Crippen LogP contribution in [0, 0.1) is 0 Å². The summed E-state index contributed by atoms with van der Waals surface area (Å²) < 4.78 is 0. The molecular formula is C16H24N2. The van der Waals surface area contributed by atoms with Crippen LogP contribution >= 0.6 is 0 Å². The average molecular weight is 244 g/mol. The first-order valence-corrected chi connectivity index (χ1v) is 7.32. The molecule has 1 aliphatic carbocycles. The topological polar surface area (TPSA) is 15.3 Å². The summed E-state index contributed by atoms with van der Waals surface area (Å²) in [4.78, 5) is 2.46. The van der Waals surface area contributed by atoms with Gasteiger partial charge in [0.25, 0.3) is 0 Å². The first-order chi connectivity index (χ1) is 8.83. The minimum absolute atomic E-state index is 0.737. The molecule has 18 heavy (non-hydrogen) atoms. The maximum Gasteiger partial charge on any atom is 0.0145 e. The molecule has 1 aromatic rings. The zero-order chi connectivity index (χ0) is 12.4. The molecule has 0 spiro atoms. The van der Waals surface area contributed by atoms with E-state index < -0.39 is 0 Å². The predicted octanol–water partition coefficient (Wildman–Crippen LogP) is 2.62. The fraction of sp³-hybridized carbons (Fsp3) is 0.625. The molecule has 0 aromatic heterocycles. The molecule has 1 heterocycles. The van der Waals surface area contributed by atoms with Crippen LogP contribution in [0.3, 0.4) is 0 Å². The second-order valence-corrected chi connectivity index (χ2v) is 5.96. The summed E-state index contributed by atoms with van der Waals surface area (Å²) in [6, 6.07) is 12.4. The van der Waals surface area contributed by atoms with Crippen molar-refractivity contribution in [3.05, 3.63) is 35.9 Å². The van der Waals surface area contributed by atoms with E-state index in [1.54, 1.807) is 0 Å². The summed E-state index contributed by atoms with van der Waals surface area (Å²) >= 11 is 0. The minimum atomic E-state index is 0.737. The van der Waals surface area contributed by atoms with Crippen molar-refractivity contribution in [2.75, 3.05) is 20.1 Å². The normalized spacial score (nSPS) is 33.1. The van der Waals surface area contributed by atoms with Gasteiger partial charge in [-0.25, -0.2) is 0 Å². The van der Waals surface area contributed by atoms with Crippen LogP contribution in [0.2, 0.25) is 0 Å². The quantitative estimate of drug-likeness (QED) is 0.879. The van der Waals surface area contributed by atoms with E-state index in [1.807, 2.05) is 0 Å². The Morgan fingerprint density at radius 3 is 2.78 bits per heavy atom. The molecule has 1 saturated carbocycles. The van der Waals surface area contributed by atoms with Crippen molar-refractivity contribution in [2.45, 2.75) is 43.7 Å². The van der Waals surface area contributed by atoms with Crippen LogP contribution < -0.4 is 5.32 Å². The van der Waals surface area contributed by atoms with Gasteiger partial charge in [0.2, 0.25) is 0 Å². The van der Waals surface area contributed by atoms with Crippen molar-refractivity contribution in [1.82, 2.24) is 10.2 Å². The van der Waals surface area contributed by atoms with Crippen molar-refractivity contribution in [3.63, 3.8) is 0 Å². The Hall–Kier alpha value is -0.860. The van der Waals surface area contributed by atoms with Crippen LogP contribution in [-0.4, -0.2) is 37.1 Å². The van der Waals surface area contributed by atoms with Crippen molar-refractivity contribution in [1.29, 1.82) is 0 Å². The van der Waals surface area contributed by atoms with Crippen LogP contribution in [0.5, 0.6) is 0 Å². The second-order valence-electron chi connectivity index (χ2n) is 5.96. The van der Waals surface area contributed by atoms with Gasteiger partial charge in [-0.1, -0.05) is 30.3 Å². The predicted molar refractivity (Wildman–Crippen MR) is 75.9 cm³/mol. The van der Waals surface area contributed by atoms with E-state index in [0.717, 1.165) is 18.0 Å². The van der Waals surface area contributed by atoms with Gasteiger partial charge in [-0.2, -0.15) is 0 Å². The molecule has 2 aliphatic rings. The summed E-state index contributed by atoms with van der Waals surface area (Å²) in [5, 5.41) is 3.88. The van der Waals surface area contributed by atoms with Gasteiger partial charge in [0.15, 0.2) is 0 Å². The average Bonchev–Trinajstić information content (AvgIpc) is 3.18. The lowest BCUT2D eigenvalue weighted by Gasteiger charge is -2.16. The summed E-state index contributed by atoms with van der Waals surface area (Å²) in [6.07, 6.45) is 5.34. The minimum Gasteiger partial charge on any atom is -0.311 e. The molecule has 0 radical (unpaired) electrons. The van der Waals surface area contributed by atoms with Crippen molar-refractivity contribution in [2.24, 2.45) is 0 Å². The van der Waals surface area contributed by atoms with E-state index >= 15 is 0 Å². The zero-order valence-electron chi connectivity index (χ0n) is 11.3. The molecule has 0 amide bonds. The molecule has 1 N–H and O–H groups in total. The molecular weight excluding hydrogens is 220 g/mol. The molecule has 98 valence electrons. The lowest BCUT2D eigenvalue weighted by atomic mass is 10.1. The standard InChI is InChI=1S/C16H24N2/c1-18-10-5-8-14(9-11-18)17-16-12-15(16)13-6-3-2-4-7-13/h2-4,6-7,14-17H,5,8-12H2,1H3. The van der Waals surface area contributed by atoms with Gasteiger partial charge in [-0.05, 0) is 51.4 Å². The van der Waals surface area contributed by atoms with E-state index in [2.05, 4.69) is 47.6 Å². The highest BCUT2D eigenvalue weighted by molar-refractivity contribution is 5.27. The SMILES string of the molecule is CN1CCCC(NC2CC2c2ccccc2)CC1. The third-order valence-corrected chi connectivity index (χ3v) is 4.42. The summed E-state index contributed by atoms with van der Waals surface area (Å²) in [7, 11) is 2.24. The number of rotatable bonds is 3. The van der Waals surface area contributed by atoms with E-state index in [4.69, 9.17) is 0 Å². The molecule has 2 nitrogen and oxygen atoms in total. The van der Waals surface area contributed by atoms with Gasteiger partial charge >= 0.3 is 0 Å². The van der Waals surface area contributed by atoms with E-state index in [0.29, 0.717) is 0 Å². The maximum atomic E-state index is 3.88. The first kappa shape index (κ1) is 12.2. The van der Waals surface area contributed by atoms with Gasteiger partial charge in [0.1, 0.15) is 0 Å². The molecule has 1 saturated heterocycles. The molecule has 3 rings (SSSR count). The summed E-state index contributed by atoms with van der Waals surface area (Å²) in [5.41, 5.74) is 1.51. The third kappa shape index (κ3) is 2.93. The molecule has 2 heteroatoms. The highest BCUT2D eigenvalue weighted by Crippen LogP contribution is 2.41. The highest BCUT2D eigenvalue weighted by Gasteiger charge is 2.39. The Morgan fingerprint density at radius 1 is 1.11 bits per heavy atom. The van der Waals surface area contributed by atoms with Crippen LogP contribution in [0.15, 0.2) is 30.3 Å². The van der Waals surface area contributed by atoms with Gasteiger partial charge in [-0.3, -0.25) is 0 Å². The largest absolute Gasteiger partial charge is 0.311 e. The molecule has 2 fully saturated rings. The van der Waals surface area contributed by atoms with Gasteiger partial charge in [0, 0.05) is 18.0 Å². The fourth-order valence-corrected chi connectivity index (χ4v) is 3.16. The van der Waals surface area contributed by atoms with E-state index in [1.165, 1.54) is 44.3 Å². The summed E-state index contributed by atoms with van der Waals surface area (Å²) in [5.74, 6) is 0.771. The van der Waals surface area contributed by atoms with Gasteiger partial charge < -0.3 is 10.2 Å². The van der Waals surface area contributed by atoms with Crippen molar-refractivity contribution >= 4 is 0 Å². The molecule has 3 unspecified atom stereocenters. The number of benzene rings is 1. The molecule has 1 aliphatic heterocycles. The third-order valence-electron chi connectivity index (χ3n) is 4.42. The molecule has 3 atom stereocenters. The van der Waals surface area contributed by atoms with Crippen LogP contribution in [0.4, 0.5) is 0 Å². The second kappa shape index (κ2) is 5.41. The fourth-order valence-electron chi connectivity index (χ4n) is 3.16. The number of hydrogen-bond donors (Lipinski definition) is 1. The Balaban J connectivity index is 1.50. The lowest BCUT2D eigenvalue weighted by Crippen LogP contribution is -2.32. The number of hydrogen-bond acceptors (Lipinski definition) is 2. The van der Waals surface area contributed by atoms with Gasteiger partial charge in [0.05, 0.1) is 0 Å². The highest BCUT2D eigenvalue weighted by atomic mass is 15.1. The smallest absolute Gasteiger partial charge is 0.0145 e. The number of nitrogens with zero attached hydrogens (tertiary/aromatic N) is 1. The number of nitrogens with one attached hydrogen (secondary N) is 1. The Labute approximate surface area is 110 Å². The zero-order valence-corrected chi connectivity index (χ0v) is 11.3. The Morgan fingerprint density at radius 2 is 1.94 bits per heavy atom. The summed E-state index contributed by atoms with van der Waals surface area (Å²) in [6.45, 7) is 2.52. The lowest BCUT2D eigenvalue weighted by molar-refractivity contribution is 0.343. The number of likely N-dealkylation sites (tertiary alicyclic amines) is 1. The molecule has 0 bridgehead atoms. The Bertz CT molecular complexity index is 376. The van der Waals surface area contributed by atoms with Crippen LogP contribution in [-0.2, 0) is 0 Å². The van der Waals surface area contributed by atoms with Crippen LogP contribution in [0.25, 0.3) is 0 Å². The Kier molecular flexibility index (Phi) is 3.67. The van der Waals surface area contributed by atoms with Crippen molar-refractivity contribution in [3.8, 4) is 0 Å². The van der Waals surface area contributed by atoms with Crippen LogP contribution in [0.1, 0.15) is 37.2 Å². The van der Waals surface area contributed by atoms with E-state index in [9.17, 15) is 0 Å². The first-order valence-electron chi connectivity index (χ1n) is 7.32. The van der Waals surface area contributed by atoms with E-state index in [-0.39, 0.29) is 0 Å². The van der Waals surface area contributed by atoms with Gasteiger partial charge in [-0.15, -0.1) is 0 Å². The van der Waals surface area contributed by atoms with Crippen molar-refractivity contribution < 1.29 is 0 Å². The maximum absolute atomic E-state index is 3.88. The molecule has 1 aromatic carbocycles. The monoisotopic (exact) mass is 244 g/mol.